The number of rotatable bonds is 8. The number of imidazole rings is 1. The van der Waals surface area contributed by atoms with E-state index in [0.717, 1.165) is 26.2 Å². The predicted octanol–water partition coefficient (Wildman–Crippen LogP) is 1.45. The fourth-order valence-electron chi connectivity index (χ4n) is 1.69. The molecule has 0 saturated heterocycles. The van der Waals surface area contributed by atoms with Crippen molar-refractivity contribution in [3.05, 3.63) is 22.9 Å². The lowest BCUT2D eigenvalue weighted by molar-refractivity contribution is 0.552. The molecular formula is C12H23N3O. The van der Waals surface area contributed by atoms with Crippen molar-refractivity contribution in [2.24, 2.45) is 0 Å². The average Bonchev–Trinajstić information content (AvgIpc) is 2.65. The molecule has 0 aromatic carbocycles. The topological polar surface area (TPSA) is 39.0 Å². The maximum absolute atomic E-state index is 11.7. The van der Waals surface area contributed by atoms with Gasteiger partial charge in [-0.15, -0.1) is 0 Å². The average molecular weight is 225 g/mol. The largest absolute Gasteiger partial charge is 0.328 e. The summed E-state index contributed by atoms with van der Waals surface area (Å²) >= 11 is 0. The second kappa shape index (κ2) is 7.28. The number of nitrogens with zero attached hydrogens (tertiary/aromatic N) is 2. The molecule has 0 fully saturated rings. The maximum atomic E-state index is 11.7. The van der Waals surface area contributed by atoms with Gasteiger partial charge in [-0.2, -0.15) is 0 Å². The van der Waals surface area contributed by atoms with Crippen molar-refractivity contribution in [2.75, 3.05) is 13.1 Å². The number of aromatic nitrogens is 2. The highest BCUT2D eigenvalue weighted by atomic mass is 16.1. The van der Waals surface area contributed by atoms with E-state index < -0.39 is 0 Å². The zero-order valence-corrected chi connectivity index (χ0v) is 10.4. The van der Waals surface area contributed by atoms with Gasteiger partial charge in [-0.1, -0.05) is 19.8 Å². The smallest absolute Gasteiger partial charge is 0.315 e. The van der Waals surface area contributed by atoms with E-state index in [-0.39, 0.29) is 5.69 Å². The van der Waals surface area contributed by atoms with Gasteiger partial charge in [0.15, 0.2) is 0 Å². The van der Waals surface area contributed by atoms with Crippen molar-refractivity contribution in [1.29, 1.82) is 0 Å². The Bertz CT molecular complexity index is 340. The van der Waals surface area contributed by atoms with Crippen molar-refractivity contribution in [2.45, 2.75) is 46.2 Å². The van der Waals surface area contributed by atoms with Crippen molar-refractivity contribution in [3.8, 4) is 0 Å². The van der Waals surface area contributed by atoms with Gasteiger partial charge in [0.2, 0.25) is 0 Å². The summed E-state index contributed by atoms with van der Waals surface area (Å²) in [7, 11) is 0. The molecule has 1 rings (SSSR count). The number of hydrogen-bond donors (Lipinski definition) is 1. The van der Waals surface area contributed by atoms with Crippen LogP contribution in [-0.4, -0.2) is 22.2 Å². The maximum Gasteiger partial charge on any atom is 0.328 e. The van der Waals surface area contributed by atoms with Crippen LogP contribution in [0.4, 0.5) is 0 Å². The molecule has 0 atom stereocenters. The Kier molecular flexibility index (Phi) is 5.93. The van der Waals surface area contributed by atoms with Gasteiger partial charge < -0.3 is 5.32 Å². The lowest BCUT2D eigenvalue weighted by Crippen LogP contribution is -2.28. The number of nitrogens with one attached hydrogen (secondary N) is 1. The molecule has 0 amide bonds. The molecule has 0 saturated carbocycles. The summed E-state index contributed by atoms with van der Waals surface area (Å²) in [6.45, 7) is 7.61. The van der Waals surface area contributed by atoms with Crippen molar-refractivity contribution in [3.63, 3.8) is 0 Å². The monoisotopic (exact) mass is 225 g/mol. The highest BCUT2D eigenvalue weighted by Crippen LogP contribution is 1.91. The molecular weight excluding hydrogens is 202 g/mol. The molecule has 0 aliphatic carbocycles. The molecule has 1 heterocycles. The summed E-state index contributed by atoms with van der Waals surface area (Å²) in [5.41, 5.74) is 0.0952. The van der Waals surface area contributed by atoms with Gasteiger partial charge in [0.1, 0.15) is 0 Å². The molecule has 0 spiro atoms. The molecule has 0 aliphatic rings. The number of aryl methyl sites for hydroxylation is 1. The SMILES string of the molecule is CCCCCNCCn1ccn(CC)c1=O. The van der Waals surface area contributed by atoms with E-state index >= 15 is 0 Å². The van der Waals surface area contributed by atoms with Gasteiger partial charge in [-0.25, -0.2) is 4.79 Å². The molecule has 0 unspecified atom stereocenters. The Morgan fingerprint density at radius 2 is 1.88 bits per heavy atom. The van der Waals surface area contributed by atoms with E-state index in [2.05, 4.69) is 12.2 Å². The van der Waals surface area contributed by atoms with Gasteiger partial charge in [0, 0.05) is 32.0 Å². The van der Waals surface area contributed by atoms with Crippen molar-refractivity contribution < 1.29 is 0 Å². The second-order valence-electron chi connectivity index (χ2n) is 4.02. The lowest BCUT2D eigenvalue weighted by Gasteiger charge is -2.04. The first kappa shape index (κ1) is 13.0. The van der Waals surface area contributed by atoms with Crippen LogP contribution in [0, 0.1) is 0 Å². The summed E-state index contributed by atoms with van der Waals surface area (Å²) < 4.78 is 3.48. The van der Waals surface area contributed by atoms with Crippen LogP contribution in [0.25, 0.3) is 0 Å². The molecule has 4 nitrogen and oxygen atoms in total. The standard InChI is InChI=1S/C12H23N3O/c1-3-5-6-7-13-8-9-15-11-10-14(4-2)12(15)16/h10-11,13H,3-9H2,1-2H3. The molecule has 1 aromatic heterocycles. The fourth-order valence-corrected chi connectivity index (χ4v) is 1.69. The quantitative estimate of drug-likeness (QED) is 0.680. The third-order valence-electron chi connectivity index (χ3n) is 2.75. The molecule has 16 heavy (non-hydrogen) atoms. The Hall–Kier alpha value is -1.03. The minimum absolute atomic E-state index is 0.0952. The van der Waals surface area contributed by atoms with E-state index in [1.54, 1.807) is 9.13 Å². The van der Waals surface area contributed by atoms with Gasteiger partial charge in [-0.05, 0) is 19.9 Å². The Balaban J connectivity index is 2.22. The van der Waals surface area contributed by atoms with E-state index in [4.69, 9.17) is 0 Å². The summed E-state index contributed by atoms with van der Waals surface area (Å²) in [5, 5.41) is 3.35. The van der Waals surface area contributed by atoms with Gasteiger partial charge in [0.05, 0.1) is 0 Å². The zero-order valence-electron chi connectivity index (χ0n) is 10.4. The summed E-state index contributed by atoms with van der Waals surface area (Å²) in [6, 6.07) is 0. The zero-order chi connectivity index (χ0) is 11.8. The van der Waals surface area contributed by atoms with E-state index in [1.165, 1.54) is 19.3 Å². The van der Waals surface area contributed by atoms with Gasteiger partial charge >= 0.3 is 5.69 Å². The third-order valence-corrected chi connectivity index (χ3v) is 2.75. The van der Waals surface area contributed by atoms with E-state index in [1.807, 2.05) is 19.3 Å². The van der Waals surface area contributed by atoms with E-state index in [0.29, 0.717) is 0 Å². The summed E-state index contributed by atoms with van der Waals surface area (Å²) in [6.07, 6.45) is 7.46. The molecule has 92 valence electrons. The van der Waals surface area contributed by atoms with Crippen LogP contribution in [0.2, 0.25) is 0 Å². The first-order valence-corrected chi connectivity index (χ1v) is 6.25. The van der Waals surface area contributed by atoms with Crippen LogP contribution in [0.15, 0.2) is 17.2 Å². The van der Waals surface area contributed by atoms with Crippen molar-refractivity contribution in [1.82, 2.24) is 14.5 Å². The highest BCUT2D eigenvalue weighted by Gasteiger charge is 1.99. The first-order chi connectivity index (χ1) is 7.79. The molecule has 0 aliphatic heterocycles. The van der Waals surface area contributed by atoms with Crippen LogP contribution < -0.4 is 11.0 Å². The molecule has 0 radical (unpaired) electrons. The summed E-state index contributed by atoms with van der Waals surface area (Å²) in [5.74, 6) is 0. The van der Waals surface area contributed by atoms with Crippen LogP contribution in [0.3, 0.4) is 0 Å². The lowest BCUT2D eigenvalue weighted by atomic mass is 10.2. The minimum Gasteiger partial charge on any atom is -0.315 e. The molecule has 0 bridgehead atoms. The first-order valence-electron chi connectivity index (χ1n) is 6.25. The predicted molar refractivity (Wildman–Crippen MR) is 66.8 cm³/mol. The van der Waals surface area contributed by atoms with E-state index in [9.17, 15) is 4.79 Å². The van der Waals surface area contributed by atoms with Crippen LogP contribution >= 0.6 is 0 Å². The molecule has 1 N–H and O–H groups in total. The Morgan fingerprint density at radius 3 is 2.50 bits per heavy atom. The van der Waals surface area contributed by atoms with Crippen LogP contribution in [-0.2, 0) is 13.1 Å². The van der Waals surface area contributed by atoms with Crippen LogP contribution in [0.5, 0.6) is 0 Å². The van der Waals surface area contributed by atoms with Gasteiger partial charge in [0.25, 0.3) is 0 Å². The fraction of sp³-hybridized carbons (Fsp3) is 0.750. The Morgan fingerprint density at radius 1 is 1.12 bits per heavy atom. The van der Waals surface area contributed by atoms with Gasteiger partial charge in [-0.3, -0.25) is 9.13 Å². The molecule has 4 heteroatoms. The number of hydrogen-bond acceptors (Lipinski definition) is 2. The summed E-state index contributed by atoms with van der Waals surface area (Å²) in [4.78, 5) is 11.7. The second-order valence-corrected chi connectivity index (χ2v) is 4.02. The third kappa shape index (κ3) is 3.85. The van der Waals surface area contributed by atoms with Crippen molar-refractivity contribution >= 4 is 0 Å². The normalized spacial score (nSPS) is 10.9. The number of unbranched alkanes of at least 4 members (excludes halogenated alkanes) is 2. The minimum atomic E-state index is 0.0952. The highest BCUT2D eigenvalue weighted by molar-refractivity contribution is 4.81. The Labute approximate surface area is 97.3 Å². The molecule has 1 aromatic rings. The van der Waals surface area contributed by atoms with Crippen LogP contribution in [0.1, 0.15) is 33.1 Å².